The zero-order valence-corrected chi connectivity index (χ0v) is 27.3. The molecule has 1 saturated heterocycles. The highest BCUT2D eigenvalue weighted by Gasteiger charge is 2.47. The quantitative estimate of drug-likeness (QED) is 0.0688. The first kappa shape index (κ1) is 37.2. The Hall–Kier alpha value is -2.98. The highest BCUT2D eigenvalue weighted by molar-refractivity contribution is 8.13. The fourth-order valence-corrected chi connectivity index (χ4v) is 6.24. The van der Waals surface area contributed by atoms with E-state index in [1.807, 2.05) is 0 Å². The average Bonchev–Trinajstić information content (AvgIpc) is 3.24. The summed E-state index contributed by atoms with van der Waals surface area (Å²) in [5.41, 5.74) is 7.11. The van der Waals surface area contributed by atoms with Crippen LogP contribution in [0.5, 0.6) is 0 Å². The fourth-order valence-electron chi connectivity index (χ4n) is 3.85. The van der Waals surface area contributed by atoms with Crippen molar-refractivity contribution in [2.24, 2.45) is 16.4 Å². The first-order valence-electron chi connectivity index (χ1n) is 13.7. The van der Waals surface area contributed by atoms with Gasteiger partial charge >= 0.3 is 25.4 Å². The maximum absolute atomic E-state index is 13.9. The van der Waals surface area contributed by atoms with Crippen molar-refractivity contribution in [2.45, 2.75) is 79.0 Å². The van der Waals surface area contributed by atoms with Crippen LogP contribution in [0.2, 0.25) is 0 Å². The summed E-state index contributed by atoms with van der Waals surface area (Å²) in [5, 5.41) is 6.15. The number of nitrogens with one attached hydrogen (secondary N) is 2. The second kappa shape index (κ2) is 16.4. The van der Waals surface area contributed by atoms with Crippen LogP contribution in [0.3, 0.4) is 0 Å². The van der Waals surface area contributed by atoms with Gasteiger partial charge in [0, 0.05) is 41.2 Å². The molecule has 0 radical (unpaired) electrons. The van der Waals surface area contributed by atoms with Crippen LogP contribution in [0, 0.1) is 11.3 Å². The summed E-state index contributed by atoms with van der Waals surface area (Å²) in [4.78, 5) is 65.4. The number of rotatable bonds is 15. The molecule has 0 aliphatic carbocycles. The molecule has 1 aromatic heterocycles. The molecule has 0 bridgehead atoms. The molecular weight excluding hydrogens is 623 g/mol. The van der Waals surface area contributed by atoms with Gasteiger partial charge in [0.05, 0.1) is 38.1 Å². The van der Waals surface area contributed by atoms with Gasteiger partial charge in [-0.1, -0.05) is 37.6 Å². The van der Waals surface area contributed by atoms with Crippen molar-refractivity contribution in [3.8, 4) is 0 Å². The van der Waals surface area contributed by atoms with Gasteiger partial charge in [0.1, 0.15) is 12.3 Å². The summed E-state index contributed by atoms with van der Waals surface area (Å²) in [7, 11) is -4.32. The third-order valence-corrected chi connectivity index (χ3v) is 8.93. The zero-order valence-electron chi connectivity index (χ0n) is 25.6. The summed E-state index contributed by atoms with van der Waals surface area (Å²) < 4.78 is 42.4. The summed E-state index contributed by atoms with van der Waals surface area (Å²) >= 11 is 0.980. The third kappa shape index (κ3) is 11.2. The van der Waals surface area contributed by atoms with E-state index in [0.717, 1.165) is 28.6 Å². The number of nitrogens with zero attached hydrogens (tertiary/aromatic N) is 4. The Kier molecular flexibility index (Phi) is 13.8. The number of ether oxygens (including phenoxy) is 3. The molecular formula is C25H39N6O11PS. The number of hydrogen-bond acceptors (Lipinski definition) is 13. The van der Waals surface area contributed by atoms with Gasteiger partial charge in [-0.25, -0.2) is 14.4 Å². The molecule has 0 aromatic carbocycles. The molecule has 2 unspecified atom stereocenters. The molecule has 6 atom stereocenters. The molecule has 2 rings (SSSR count). The Morgan fingerprint density at radius 1 is 1.23 bits per heavy atom. The van der Waals surface area contributed by atoms with E-state index >= 15 is 0 Å². The summed E-state index contributed by atoms with van der Waals surface area (Å²) in [6, 6.07) is -1.21. The number of carbonyl (C=O) groups excluding carboxylic acids is 3. The van der Waals surface area contributed by atoms with Gasteiger partial charge in [-0.2, -0.15) is 0 Å². The molecule has 17 nitrogen and oxygen atoms in total. The van der Waals surface area contributed by atoms with E-state index in [0.29, 0.717) is 0 Å². The summed E-state index contributed by atoms with van der Waals surface area (Å²) in [5.74, 6) is -2.16. The van der Waals surface area contributed by atoms with Gasteiger partial charge in [-0.05, 0) is 26.3 Å². The van der Waals surface area contributed by atoms with Gasteiger partial charge in [0.15, 0.2) is 5.12 Å². The second-order valence-electron chi connectivity index (χ2n) is 11.1. The Morgan fingerprint density at radius 3 is 2.48 bits per heavy atom. The number of hydrogen-bond donors (Lipinski definition) is 2. The maximum atomic E-state index is 13.9. The molecule has 2 N–H and O–H groups in total. The van der Waals surface area contributed by atoms with Crippen LogP contribution in [-0.2, 0) is 42.2 Å². The van der Waals surface area contributed by atoms with Crippen molar-refractivity contribution >= 4 is 36.6 Å². The van der Waals surface area contributed by atoms with Crippen LogP contribution >= 0.6 is 19.5 Å². The van der Waals surface area contributed by atoms with Crippen LogP contribution in [0.4, 0.5) is 0 Å². The van der Waals surface area contributed by atoms with E-state index in [2.05, 4.69) is 20.1 Å². The van der Waals surface area contributed by atoms with Crippen LogP contribution in [0.15, 0.2) is 27.0 Å². The van der Waals surface area contributed by atoms with Gasteiger partial charge in [-0.15, -0.1) is 0 Å². The first-order valence-corrected chi connectivity index (χ1v) is 16.2. The van der Waals surface area contributed by atoms with E-state index in [1.54, 1.807) is 34.6 Å². The normalized spacial score (nSPS) is 22.1. The molecule has 1 aliphatic heterocycles. The number of esters is 2. The van der Waals surface area contributed by atoms with Gasteiger partial charge in [0.25, 0.3) is 5.56 Å². The van der Waals surface area contributed by atoms with Gasteiger partial charge in [-0.3, -0.25) is 37.8 Å². The number of aromatic amines is 1. The van der Waals surface area contributed by atoms with Crippen LogP contribution in [0.25, 0.3) is 10.4 Å². The topological polar surface area (TPSA) is 230 Å². The zero-order chi connectivity index (χ0) is 33.2. The van der Waals surface area contributed by atoms with Crippen LogP contribution < -0.4 is 16.3 Å². The van der Waals surface area contributed by atoms with E-state index in [1.165, 1.54) is 13.8 Å². The Labute approximate surface area is 257 Å². The molecule has 44 heavy (non-hydrogen) atoms. The van der Waals surface area contributed by atoms with E-state index in [4.69, 9.17) is 23.3 Å². The molecule has 0 amide bonds. The van der Waals surface area contributed by atoms with Crippen molar-refractivity contribution in [3.05, 3.63) is 43.5 Å². The predicted octanol–water partition coefficient (Wildman–Crippen LogP) is 2.67. The summed E-state index contributed by atoms with van der Waals surface area (Å²) in [6.07, 6.45) is -1.67. The standard InChI is InChI=1S/C25H39N6O11PS/c1-14(2)41-22(34)15(3)29-43(37,39-10-11-44-23(35)25(5,6)7)40-13-18-17(12-38-16(4)32)20(28-30-26)21(42-18)31-9-8-19(33)27-24(31)36/h8-9,14-15,17-18,20-21H,10-13H2,1-7H3,(H,29,37)(H,27,33,36)/t15-,17+,18+,20?,21+,43?/m0/s1. The fraction of sp³-hybridized carbons (Fsp3) is 0.720. The smallest absolute Gasteiger partial charge is 0.406 e. The highest BCUT2D eigenvalue weighted by Crippen LogP contribution is 2.46. The lowest BCUT2D eigenvalue weighted by atomic mass is 9.97. The number of carbonyl (C=O) groups is 3. The molecule has 0 saturated carbocycles. The molecule has 1 fully saturated rings. The molecule has 2 heterocycles. The molecule has 0 spiro atoms. The number of aromatic nitrogens is 2. The number of azide groups is 1. The lowest BCUT2D eigenvalue weighted by Gasteiger charge is -2.26. The predicted molar refractivity (Wildman–Crippen MR) is 159 cm³/mol. The van der Waals surface area contributed by atoms with Crippen molar-refractivity contribution in [1.82, 2.24) is 14.6 Å². The number of H-pyrrole nitrogens is 1. The minimum Gasteiger partial charge on any atom is -0.465 e. The minimum atomic E-state index is -4.32. The van der Waals surface area contributed by atoms with E-state index in [9.17, 15) is 34.1 Å². The SMILES string of the molecule is CC(=O)OC[C@H]1C(N=[N+]=[N-])[C@H](n2ccc(=O)[nH]c2=O)O[C@@H]1COP(=O)(N[C@@H](C)C(=O)OC(C)C)OCCSC(=O)C(C)(C)C. The average molecular weight is 663 g/mol. The van der Waals surface area contributed by atoms with Crippen molar-refractivity contribution in [1.29, 1.82) is 0 Å². The lowest BCUT2D eigenvalue weighted by Crippen LogP contribution is -2.37. The van der Waals surface area contributed by atoms with Crippen molar-refractivity contribution < 1.29 is 42.2 Å². The Bertz CT molecular complexity index is 1390. The van der Waals surface area contributed by atoms with E-state index < -0.39 is 79.4 Å². The monoisotopic (exact) mass is 662 g/mol. The second-order valence-corrected chi connectivity index (χ2v) is 13.9. The lowest BCUT2D eigenvalue weighted by molar-refractivity contribution is -0.149. The minimum absolute atomic E-state index is 0.112. The number of thioether (sulfide) groups is 1. The summed E-state index contributed by atoms with van der Waals surface area (Å²) in [6.45, 7) is 10.1. The first-order chi connectivity index (χ1) is 20.5. The molecule has 1 aromatic rings. The van der Waals surface area contributed by atoms with Gasteiger partial charge < -0.3 is 14.2 Å². The van der Waals surface area contributed by atoms with Crippen molar-refractivity contribution in [3.63, 3.8) is 0 Å². The third-order valence-electron chi connectivity index (χ3n) is 5.97. The maximum Gasteiger partial charge on any atom is 0.406 e. The van der Waals surface area contributed by atoms with Crippen molar-refractivity contribution in [2.75, 3.05) is 25.6 Å². The Balaban J connectivity index is 2.33. The van der Waals surface area contributed by atoms with Crippen LogP contribution in [0.1, 0.15) is 54.7 Å². The molecule has 1 aliphatic rings. The van der Waals surface area contributed by atoms with Gasteiger partial charge in [0.2, 0.25) is 0 Å². The highest BCUT2D eigenvalue weighted by atomic mass is 32.2. The van der Waals surface area contributed by atoms with E-state index in [-0.39, 0.29) is 24.1 Å². The Morgan fingerprint density at radius 2 is 1.91 bits per heavy atom. The van der Waals surface area contributed by atoms with Crippen LogP contribution in [-0.4, -0.2) is 76.5 Å². The largest absolute Gasteiger partial charge is 0.465 e. The molecule has 246 valence electrons. The molecule has 19 heteroatoms.